The highest BCUT2D eigenvalue weighted by molar-refractivity contribution is 5.86. The number of aromatic nitrogens is 1. The molecule has 3 nitrogen and oxygen atoms in total. The first-order valence-electron chi connectivity index (χ1n) is 5.92. The van der Waals surface area contributed by atoms with Crippen LogP contribution in [0.5, 0.6) is 0 Å². The highest BCUT2D eigenvalue weighted by atomic mass is 19.4. The Morgan fingerprint density at radius 3 is 2.18 bits per heavy atom. The van der Waals surface area contributed by atoms with Crippen LogP contribution in [0.1, 0.15) is 22.9 Å². The summed E-state index contributed by atoms with van der Waals surface area (Å²) in [6.45, 7) is -0.938. The van der Waals surface area contributed by atoms with Crippen LogP contribution in [0.4, 0.5) is 26.3 Å². The van der Waals surface area contributed by atoms with Crippen molar-refractivity contribution in [3.8, 4) is 0 Å². The molecule has 22 heavy (non-hydrogen) atoms. The van der Waals surface area contributed by atoms with Crippen molar-refractivity contribution >= 4 is 10.9 Å². The van der Waals surface area contributed by atoms with Crippen molar-refractivity contribution in [1.29, 1.82) is 0 Å². The predicted molar refractivity (Wildman–Crippen MR) is 63.8 cm³/mol. The van der Waals surface area contributed by atoms with Gasteiger partial charge in [-0.25, -0.2) is 4.98 Å². The van der Waals surface area contributed by atoms with Gasteiger partial charge in [-0.05, 0) is 17.7 Å². The molecule has 0 fully saturated rings. The zero-order valence-electron chi connectivity index (χ0n) is 10.7. The minimum atomic E-state index is -4.99. The van der Waals surface area contributed by atoms with Crippen LogP contribution in [0.25, 0.3) is 10.9 Å². The molecule has 1 heterocycles. The van der Waals surface area contributed by atoms with Crippen LogP contribution in [0.2, 0.25) is 0 Å². The molecule has 0 saturated carbocycles. The van der Waals surface area contributed by atoms with E-state index in [4.69, 9.17) is 5.11 Å². The quantitative estimate of drug-likeness (QED) is 0.833. The van der Waals surface area contributed by atoms with E-state index in [0.717, 1.165) is 12.1 Å². The van der Waals surface area contributed by atoms with E-state index in [9.17, 15) is 31.4 Å². The number of benzene rings is 1. The zero-order valence-corrected chi connectivity index (χ0v) is 10.7. The standard InChI is InChI=1S/C13H9F6NO2/c14-12(15,16)8-3-1-2-6-7(9(22)5-21)4-10(13(17,18)19)20-11(6)8/h1-4,9,21-22H,5H2. The lowest BCUT2D eigenvalue weighted by atomic mass is 10.00. The molecule has 0 bridgehead atoms. The Balaban J connectivity index is 2.89. The van der Waals surface area contributed by atoms with Crippen molar-refractivity contribution < 1.29 is 36.6 Å². The van der Waals surface area contributed by atoms with E-state index in [-0.39, 0.29) is 5.39 Å². The van der Waals surface area contributed by atoms with Crippen molar-refractivity contribution in [2.45, 2.75) is 18.5 Å². The van der Waals surface area contributed by atoms with Gasteiger partial charge in [0.2, 0.25) is 0 Å². The van der Waals surface area contributed by atoms with Crippen LogP contribution >= 0.6 is 0 Å². The minimum Gasteiger partial charge on any atom is -0.393 e. The van der Waals surface area contributed by atoms with E-state index >= 15 is 0 Å². The largest absolute Gasteiger partial charge is 0.433 e. The second-order valence-corrected chi connectivity index (χ2v) is 4.49. The third kappa shape index (κ3) is 3.00. The predicted octanol–water partition coefficient (Wildman–Crippen LogP) is 3.30. The molecule has 0 spiro atoms. The molecule has 1 atom stereocenters. The molecular formula is C13H9F6NO2. The molecule has 1 unspecified atom stereocenters. The number of rotatable bonds is 2. The fourth-order valence-electron chi connectivity index (χ4n) is 2.02. The van der Waals surface area contributed by atoms with Gasteiger partial charge >= 0.3 is 12.4 Å². The number of hydrogen-bond acceptors (Lipinski definition) is 3. The highest BCUT2D eigenvalue weighted by Gasteiger charge is 2.37. The summed E-state index contributed by atoms with van der Waals surface area (Å²) < 4.78 is 77.2. The Bertz CT molecular complexity index is 695. The molecule has 2 N–H and O–H groups in total. The van der Waals surface area contributed by atoms with E-state index in [0.29, 0.717) is 12.1 Å². The number of aliphatic hydroxyl groups is 2. The van der Waals surface area contributed by atoms with Crippen molar-refractivity contribution in [3.05, 3.63) is 41.1 Å². The number of nitrogens with zero attached hydrogens (tertiary/aromatic N) is 1. The molecule has 2 rings (SSSR count). The van der Waals surface area contributed by atoms with Crippen LogP contribution in [0.3, 0.4) is 0 Å². The van der Waals surface area contributed by atoms with Crippen LogP contribution in [0, 0.1) is 0 Å². The molecule has 9 heteroatoms. The molecule has 0 aliphatic rings. The van der Waals surface area contributed by atoms with Crippen LogP contribution in [-0.4, -0.2) is 21.8 Å². The number of hydrogen-bond donors (Lipinski definition) is 2. The van der Waals surface area contributed by atoms with Gasteiger partial charge in [-0.15, -0.1) is 0 Å². The molecule has 120 valence electrons. The first kappa shape index (κ1) is 16.5. The van der Waals surface area contributed by atoms with E-state index < -0.39 is 47.4 Å². The number of halogens is 6. The molecule has 0 aliphatic carbocycles. The Morgan fingerprint density at radius 1 is 1.05 bits per heavy atom. The third-order valence-corrected chi connectivity index (χ3v) is 3.00. The number of pyridine rings is 1. The molecule has 0 aliphatic heterocycles. The lowest BCUT2D eigenvalue weighted by molar-refractivity contribution is -0.142. The smallest absolute Gasteiger partial charge is 0.393 e. The summed E-state index contributed by atoms with van der Waals surface area (Å²) in [5, 5.41) is 18.2. The normalized spacial score (nSPS) is 14.4. The average molecular weight is 325 g/mol. The van der Waals surface area contributed by atoms with Gasteiger partial charge in [0.1, 0.15) is 11.8 Å². The SMILES string of the molecule is OCC(O)c1cc(C(F)(F)F)nc2c(C(F)(F)F)cccc12. The van der Waals surface area contributed by atoms with Crippen LogP contribution < -0.4 is 0 Å². The lowest BCUT2D eigenvalue weighted by Gasteiger charge is -2.17. The Kier molecular flexibility index (Phi) is 4.05. The van der Waals surface area contributed by atoms with E-state index in [1.54, 1.807) is 0 Å². The Hall–Kier alpha value is -1.87. The number of para-hydroxylation sites is 1. The summed E-state index contributed by atoms with van der Waals surface area (Å²) in [6, 6.07) is 3.13. The van der Waals surface area contributed by atoms with E-state index in [1.807, 2.05) is 0 Å². The summed E-state index contributed by atoms with van der Waals surface area (Å²) in [7, 11) is 0. The Morgan fingerprint density at radius 2 is 1.68 bits per heavy atom. The topological polar surface area (TPSA) is 53.4 Å². The monoisotopic (exact) mass is 325 g/mol. The van der Waals surface area contributed by atoms with Gasteiger partial charge in [0.25, 0.3) is 0 Å². The van der Waals surface area contributed by atoms with Crippen molar-refractivity contribution in [3.63, 3.8) is 0 Å². The summed E-state index contributed by atoms with van der Waals surface area (Å²) in [6.07, 6.45) is -11.6. The number of aliphatic hydroxyl groups excluding tert-OH is 2. The van der Waals surface area contributed by atoms with Gasteiger partial charge in [-0.3, -0.25) is 0 Å². The molecule has 2 aromatic rings. The minimum absolute atomic E-state index is 0.302. The maximum absolute atomic E-state index is 12.9. The van der Waals surface area contributed by atoms with Crippen LogP contribution in [0.15, 0.2) is 24.3 Å². The van der Waals surface area contributed by atoms with Crippen LogP contribution in [-0.2, 0) is 12.4 Å². The second-order valence-electron chi connectivity index (χ2n) is 4.49. The maximum atomic E-state index is 12.9. The Labute approximate surface area is 119 Å². The van der Waals surface area contributed by atoms with Crippen molar-refractivity contribution in [1.82, 2.24) is 4.98 Å². The summed E-state index contributed by atoms with van der Waals surface area (Å²) in [5.41, 5.74) is -4.31. The number of alkyl halides is 6. The van der Waals surface area contributed by atoms with Gasteiger partial charge in [0.15, 0.2) is 0 Å². The van der Waals surface area contributed by atoms with Crippen molar-refractivity contribution in [2.75, 3.05) is 6.61 Å². The van der Waals surface area contributed by atoms with Crippen molar-refractivity contribution in [2.24, 2.45) is 0 Å². The van der Waals surface area contributed by atoms with Gasteiger partial charge in [0.05, 0.1) is 17.7 Å². The molecule has 1 aromatic carbocycles. The zero-order chi connectivity index (χ0) is 16.7. The van der Waals surface area contributed by atoms with E-state index in [2.05, 4.69) is 4.98 Å². The maximum Gasteiger partial charge on any atom is 0.433 e. The van der Waals surface area contributed by atoms with Gasteiger partial charge in [-0.2, -0.15) is 26.3 Å². The van der Waals surface area contributed by atoms with Gasteiger partial charge < -0.3 is 10.2 Å². The summed E-state index contributed by atoms with van der Waals surface area (Å²) in [5.74, 6) is 0. The number of fused-ring (bicyclic) bond motifs is 1. The fraction of sp³-hybridized carbons (Fsp3) is 0.308. The first-order chi connectivity index (χ1) is 10.1. The fourth-order valence-corrected chi connectivity index (χ4v) is 2.02. The lowest BCUT2D eigenvalue weighted by Crippen LogP contribution is -2.14. The van der Waals surface area contributed by atoms with Gasteiger partial charge in [0, 0.05) is 5.39 Å². The molecule has 0 saturated heterocycles. The third-order valence-electron chi connectivity index (χ3n) is 3.00. The molecule has 1 aromatic heterocycles. The molecule has 0 radical (unpaired) electrons. The molecular weight excluding hydrogens is 316 g/mol. The second kappa shape index (κ2) is 5.40. The van der Waals surface area contributed by atoms with E-state index in [1.165, 1.54) is 0 Å². The average Bonchev–Trinajstić information content (AvgIpc) is 2.42. The summed E-state index contributed by atoms with van der Waals surface area (Å²) in [4.78, 5) is 3.05. The first-order valence-corrected chi connectivity index (χ1v) is 5.92. The summed E-state index contributed by atoms with van der Waals surface area (Å²) >= 11 is 0. The highest BCUT2D eigenvalue weighted by Crippen LogP contribution is 2.38. The van der Waals surface area contributed by atoms with Gasteiger partial charge in [-0.1, -0.05) is 12.1 Å². The molecule has 0 amide bonds.